The van der Waals surface area contributed by atoms with E-state index in [0.29, 0.717) is 35.8 Å². The Bertz CT molecular complexity index is 843. The first kappa shape index (κ1) is 24.3. The van der Waals surface area contributed by atoms with Gasteiger partial charge in [-0.3, -0.25) is 9.59 Å². The molecule has 31 heavy (non-hydrogen) atoms. The maximum atomic E-state index is 12.8. The summed E-state index contributed by atoms with van der Waals surface area (Å²) in [6.07, 6.45) is 1.63. The molecule has 2 rings (SSSR count). The topological polar surface area (TPSA) is 71.1 Å². The summed E-state index contributed by atoms with van der Waals surface area (Å²) in [6.45, 7) is 3.42. The van der Waals surface area contributed by atoms with Crippen LogP contribution in [0.2, 0.25) is 0 Å². The van der Waals surface area contributed by atoms with Gasteiger partial charge in [0.2, 0.25) is 0 Å². The van der Waals surface area contributed by atoms with Crippen molar-refractivity contribution in [1.82, 2.24) is 0 Å². The SMILES string of the molecule is COc1ccc(CCC(=O)C(C)(C)C(=O)CCc2ccc(OC)c(OC)c2)cc1OC. The summed E-state index contributed by atoms with van der Waals surface area (Å²) in [4.78, 5) is 25.7. The molecule has 6 heteroatoms. The van der Waals surface area contributed by atoms with Crippen molar-refractivity contribution in [2.45, 2.75) is 39.5 Å². The summed E-state index contributed by atoms with van der Waals surface area (Å²) in [5.74, 6) is 2.39. The Kier molecular flexibility index (Phi) is 8.48. The van der Waals surface area contributed by atoms with Crippen molar-refractivity contribution in [2.75, 3.05) is 28.4 Å². The fourth-order valence-corrected chi connectivity index (χ4v) is 3.37. The molecular weight excluding hydrogens is 396 g/mol. The zero-order valence-electron chi connectivity index (χ0n) is 19.2. The Hall–Kier alpha value is -3.02. The fraction of sp³-hybridized carbons (Fsp3) is 0.440. The van der Waals surface area contributed by atoms with E-state index in [1.165, 1.54) is 0 Å². The zero-order chi connectivity index (χ0) is 23.0. The molecule has 0 saturated carbocycles. The van der Waals surface area contributed by atoms with Crippen LogP contribution in [-0.4, -0.2) is 40.0 Å². The number of Topliss-reactive ketones (excluding diaryl/α,β-unsaturated/α-hetero) is 2. The van der Waals surface area contributed by atoms with Crippen molar-refractivity contribution < 1.29 is 28.5 Å². The molecule has 0 N–H and O–H groups in total. The predicted molar refractivity (Wildman–Crippen MR) is 120 cm³/mol. The number of rotatable bonds is 12. The smallest absolute Gasteiger partial charge is 0.160 e. The van der Waals surface area contributed by atoms with Crippen LogP contribution in [-0.2, 0) is 22.4 Å². The number of methoxy groups -OCH3 is 4. The molecule has 0 bridgehead atoms. The van der Waals surface area contributed by atoms with Gasteiger partial charge in [-0.25, -0.2) is 0 Å². The molecule has 6 nitrogen and oxygen atoms in total. The van der Waals surface area contributed by atoms with Crippen LogP contribution in [0, 0.1) is 5.41 Å². The first-order valence-corrected chi connectivity index (χ1v) is 10.2. The Morgan fingerprint density at radius 3 is 1.32 bits per heavy atom. The van der Waals surface area contributed by atoms with Crippen LogP contribution in [0.25, 0.3) is 0 Å². The normalized spacial score (nSPS) is 11.0. The Labute approximate surface area is 184 Å². The highest BCUT2D eigenvalue weighted by Crippen LogP contribution is 2.30. The van der Waals surface area contributed by atoms with Gasteiger partial charge < -0.3 is 18.9 Å². The van der Waals surface area contributed by atoms with Crippen LogP contribution in [0.3, 0.4) is 0 Å². The summed E-state index contributed by atoms with van der Waals surface area (Å²) in [5.41, 5.74) is 0.881. The van der Waals surface area contributed by atoms with E-state index >= 15 is 0 Å². The van der Waals surface area contributed by atoms with Crippen LogP contribution in [0.5, 0.6) is 23.0 Å². The van der Waals surface area contributed by atoms with Crippen molar-refractivity contribution in [2.24, 2.45) is 5.41 Å². The number of aryl methyl sites for hydroxylation is 2. The highest BCUT2D eigenvalue weighted by atomic mass is 16.5. The zero-order valence-corrected chi connectivity index (χ0v) is 19.2. The summed E-state index contributed by atoms with van der Waals surface area (Å²) in [7, 11) is 6.31. The molecule has 0 aliphatic rings. The number of carbonyl (C=O) groups is 2. The first-order valence-electron chi connectivity index (χ1n) is 10.2. The van der Waals surface area contributed by atoms with Crippen molar-refractivity contribution in [3.05, 3.63) is 47.5 Å². The van der Waals surface area contributed by atoms with E-state index in [1.807, 2.05) is 36.4 Å². The molecule has 0 aromatic heterocycles. The third-order valence-electron chi connectivity index (χ3n) is 5.57. The van der Waals surface area contributed by atoms with Gasteiger partial charge in [-0.15, -0.1) is 0 Å². The molecular formula is C25H32O6. The van der Waals surface area contributed by atoms with Gasteiger partial charge >= 0.3 is 0 Å². The molecule has 2 aromatic rings. The molecule has 0 aliphatic heterocycles. The molecule has 0 spiro atoms. The lowest BCUT2D eigenvalue weighted by molar-refractivity contribution is -0.138. The summed E-state index contributed by atoms with van der Waals surface area (Å²) >= 11 is 0. The lowest BCUT2D eigenvalue weighted by atomic mass is 9.79. The van der Waals surface area contributed by atoms with Crippen LogP contribution < -0.4 is 18.9 Å². The van der Waals surface area contributed by atoms with Crippen LogP contribution in [0.1, 0.15) is 37.8 Å². The van der Waals surface area contributed by atoms with E-state index in [2.05, 4.69) is 0 Å². The number of benzene rings is 2. The number of carbonyl (C=O) groups excluding carboxylic acids is 2. The third-order valence-corrected chi connectivity index (χ3v) is 5.57. The van der Waals surface area contributed by atoms with Crippen molar-refractivity contribution >= 4 is 11.6 Å². The summed E-state index contributed by atoms with van der Waals surface area (Å²) in [6, 6.07) is 11.2. The predicted octanol–water partition coefficient (Wildman–Crippen LogP) is 4.45. The largest absolute Gasteiger partial charge is 0.493 e. The highest BCUT2D eigenvalue weighted by molar-refractivity contribution is 6.06. The Morgan fingerprint density at radius 2 is 1.00 bits per heavy atom. The van der Waals surface area contributed by atoms with Gasteiger partial charge in [0.05, 0.1) is 33.9 Å². The molecule has 0 amide bonds. The van der Waals surface area contributed by atoms with Gasteiger partial charge in [-0.05, 0) is 62.1 Å². The van der Waals surface area contributed by atoms with E-state index in [9.17, 15) is 9.59 Å². The highest BCUT2D eigenvalue weighted by Gasteiger charge is 2.34. The van der Waals surface area contributed by atoms with Gasteiger partial charge in [0.25, 0.3) is 0 Å². The second-order valence-corrected chi connectivity index (χ2v) is 7.85. The van der Waals surface area contributed by atoms with Crippen LogP contribution in [0.15, 0.2) is 36.4 Å². The Balaban J connectivity index is 1.97. The maximum Gasteiger partial charge on any atom is 0.160 e. The van der Waals surface area contributed by atoms with E-state index in [4.69, 9.17) is 18.9 Å². The molecule has 0 atom stereocenters. The lowest BCUT2D eigenvalue weighted by Gasteiger charge is -2.22. The number of ketones is 2. The van der Waals surface area contributed by atoms with E-state index in [0.717, 1.165) is 11.1 Å². The molecule has 0 radical (unpaired) electrons. The second kappa shape index (κ2) is 10.8. The molecule has 2 aromatic carbocycles. The first-order chi connectivity index (χ1) is 14.8. The minimum Gasteiger partial charge on any atom is -0.493 e. The third kappa shape index (κ3) is 6.00. The average Bonchev–Trinajstić information content (AvgIpc) is 2.80. The van der Waals surface area contributed by atoms with E-state index < -0.39 is 5.41 Å². The molecule has 0 fully saturated rings. The Morgan fingerprint density at radius 1 is 0.645 bits per heavy atom. The molecule has 0 aliphatic carbocycles. The molecule has 0 heterocycles. The van der Waals surface area contributed by atoms with Crippen molar-refractivity contribution in [3.8, 4) is 23.0 Å². The van der Waals surface area contributed by atoms with Gasteiger partial charge in [0.15, 0.2) is 23.0 Å². The van der Waals surface area contributed by atoms with Crippen LogP contribution in [0.4, 0.5) is 0 Å². The van der Waals surface area contributed by atoms with Crippen molar-refractivity contribution in [3.63, 3.8) is 0 Å². The molecule has 0 saturated heterocycles. The lowest BCUT2D eigenvalue weighted by Crippen LogP contribution is -2.34. The quantitative estimate of drug-likeness (QED) is 0.465. The fourth-order valence-electron chi connectivity index (χ4n) is 3.37. The molecule has 0 unspecified atom stereocenters. The van der Waals surface area contributed by atoms with Gasteiger partial charge in [-0.1, -0.05) is 12.1 Å². The summed E-state index contributed by atoms with van der Waals surface area (Å²) < 4.78 is 21.1. The minimum atomic E-state index is -1.03. The number of hydrogen-bond acceptors (Lipinski definition) is 6. The minimum absolute atomic E-state index is 0.0698. The monoisotopic (exact) mass is 428 g/mol. The van der Waals surface area contributed by atoms with Crippen molar-refractivity contribution in [1.29, 1.82) is 0 Å². The number of ether oxygens (including phenoxy) is 4. The summed E-state index contributed by atoms with van der Waals surface area (Å²) in [5, 5.41) is 0. The average molecular weight is 429 g/mol. The van der Waals surface area contributed by atoms with Gasteiger partial charge in [0, 0.05) is 12.8 Å². The van der Waals surface area contributed by atoms with E-state index in [-0.39, 0.29) is 24.4 Å². The standard InChI is InChI=1S/C25H32O6/c1-25(2,23(26)13-9-17-7-11-19(28-3)21(15-17)30-5)24(27)14-10-18-8-12-20(29-4)22(16-18)31-6/h7-8,11-12,15-16H,9-10,13-14H2,1-6H3. The van der Waals surface area contributed by atoms with Gasteiger partial charge in [0.1, 0.15) is 11.6 Å². The van der Waals surface area contributed by atoms with Gasteiger partial charge in [-0.2, -0.15) is 0 Å². The molecule has 168 valence electrons. The van der Waals surface area contributed by atoms with Crippen LogP contribution >= 0.6 is 0 Å². The maximum absolute atomic E-state index is 12.8. The van der Waals surface area contributed by atoms with E-state index in [1.54, 1.807) is 42.3 Å². The second-order valence-electron chi connectivity index (χ2n) is 7.85. The number of hydrogen-bond donors (Lipinski definition) is 0.